The first-order valence-electron chi connectivity index (χ1n) is 8.29. The van der Waals surface area contributed by atoms with Gasteiger partial charge in [-0.15, -0.1) is 0 Å². The van der Waals surface area contributed by atoms with E-state index >= 15 is 0 Å². The monoisotopic (exact) mass is 325 g/mol. The summed E-state index contributed by atoms with van der Waals surface area (Å²) >= 11 is 0. The maximum Gasteiger partial charge on any atom is 0.309 e. The lowest BCUT2D eigenvalue weighted by Gasteiger charge is -2.37. The third-order valence-corrected chi connectivity index (χ3v) is 6.03. The van der Waals surface area contributed by atoms with Gasteiger partial charge in [-0.05, 0) is 48.1 Å². The molecule has 1 aliphatic rings. The number of aliphatic carboxylic acids is 1. The van der Waals surface area contributed by atoms with Crippen molar-refractivity contribution in [2.45, 2.75) is 33.6 Å². The largest absolute Gasteiger partial charge is 0.481 e. The van der Waals surface area contributed by atoms with E-state index in [2.05, 4.69) is 5.32 Å². The number of amides is 1. The molecule has 3 rings (SSSR count). The fourth-order valence-corrected chi connectivity index (χ4v) is 3.84. The Labute approximate surface area is 141 Å². The molecule has 0 radical (unpaired) electrons. The van der Waals surface area contributed by atoms with Crippen LogP contribution in [0, 0.1) is 16.7 Å². The van der Waals surface area contributed by atoms with E-state index in [1.54, 1.807) is 6.92 Å². The number of hydrogen-bond donors (Lipinski definition) is 2. The van der Waals surface area contributed by atoms with Gasteiger partial charge < -0.3 is 10.4 Å². The first-order chi connectivity index (χ1) is 11.3. The van der Waals surface area contributed by atoms with E-state index in [0.717, 1.165) is 16.5 Å². The molecule has 0 aliphatic heterocycles. The molecule has 1 saturated carbocycles. The van der Waals surface area contributed by atoms with Gasteiger partial charge in [0.05, 0.1) is 5.41 Å². The van der Waals surface area contributed by atoms with Gasteiger partial charge in [0.15, 0.2) is 0 Å². The minimum Gasteiger partial charge on any atom is -0.481 e. The summed E-state index contributed by atoms with van der Waals surface area (Å²) in [6.07, 6.45) is 1.11. The Bertz CT molecular complexity index is 811. The third kappa shape index (κ3) is 2.46. The molecular formula is C20H23NO3. The van der Waals surface area contributed by atoms with Crippen LogP contribution in [0.3, 0.4) is 0 Å². The van der Waals surface area contributed by atoms with Crippen molar-refractivity contribution in [2.75, 3.05) is 5.32 Å². The number of carbonyl (C=O) groups is 2. The van der Waals surface area contributed by atoms with Gasteiger partial charge in [-0.3, -0.25) is 9.59 Å². The zero-order chi connectivity index (χ0) is 17.5. The molecular weight excluding hydrogens is 302 g/mol. The molecule has 2 aromatic carbocycles. The highest BCUT2D eigenvalue weighted by molar-refractivity contribution is 5.96. The Kier molecular flexibility index (Phi) is 3.86. The van der Waals surface area contributed by atoms with E-state index in [1.807, 2.05) is 56.3 Å². The minimum absolute atomic E-state index is 0.0970. The molecule has 2 N–H and O–H groups in total. The van der Waals surface area contributed by atoms with Gasteiger partial charge in [0.2, 0.25) is 5.91 Å². The average molecular weight is 325 g/mol. The lowest BCUT2D eigenvalue weighted by Crippen LogP contribution is -2.43. The van der Waals surface area contributed by atoms with Crippen molar-refractivity contribution in [3.63, 3.8) is 0 Å². The van der Waals surface area contributed by atoms with Gasteiger partial charge in [0.25, 0.3) is 0 Å². The van der Waals surface area contributed by atoms with E-state index in [4.69, 9.17) is 0 Å². The van der Waals surface area contributed by atoms with Crippen molar-refractivity contribution in [2.24, 2.45) is 16.7 Å². The number of carbonyl (C=O) groups excluding carboxylic acids is 1. The predicted octanol–water partition coefficient (Wildman–Crippen LogP) is 4.31. The zero-order valence-corrected chi connectivity index (χ0v) is 14.3. The highest BCUT2D eigenvalue weighted by Gasteiger charge is 2.58. The Balaban J connectivity index is 1.83. The molecule has 1 amide bonds. The van der Waals surface area contributed by atoms with E-state index in [-0.39, 0.29) is 11.8 Å². The highest BCUT2D eigenvalue weighted by Crippen LogP contribution is 2.56. The number of carboxylic acids is 1. The summed E-state index contributed by atoms with van der Waals surface area (Å²) < 4.78 is 0. The van der Waals surface area contributed by atoms with Crippen LogP contribution in [0.5, 0.6) is 0 Å². The topological polar surface area (TPSA) is 66.4 Å². The standard InChI is InChI=1S/C20H23NO3/c1-19(2)16(10-11-20(19,3)18(23)24)17(22)21-15-9-8-13-6-4-5-7-14(13)12-15/h4-9,12,16H,10-11H2,1-3H3,(H,21,22)(H,23,24)/t16-,20+/m0/s1. The molecule has 0 aromatic heterocycles. The second kappa shape index (κ2) is 5.62. The fraction of sp³-hybridized carbons (Fsp3) is 0.400. The number of nitrogens with one attached hydrogen (secondary N) is 1. The molecule has 0 unspecified atom stereocenters. The van der Waals surface area contributed by atoms with E-state index in [9.17, 15) is 14.7 Å². The second-order valence-electron chi connectivity index (χ2n) is 7.50. The summed E-state index contributed by atoms with van der Waals surface area (Å²) in [6.45, 7) is 5.52. The highest BCUT2D eigenvalue weighted by atomic mass is 16.4. The van der Waals surface area contributed by atoms with Crippen LogP contribution in [0.1, 0.15) is 33.6 Å². The van der Waals surface area contributed by atoms with Gasteiger partial charge in [0.1, 0.15) is 0 Å². The molecule has 0 saturated heterocycles. The Morgan fingerprint density at radius 3 is 2.38 bits per heavy atom. The van der Waals surface area contributed by atoms with Crippen molar-refractivity contribution < 1.29 is 14.7 Å². The van der Waals surface area contributed by atoms with E-state index < -0.39 is 16.8 Å². The zero-order valence-electron chi connectivity index (χ0n) is 14.3. The van der Waals surface area contributed by atoms with Crippen LogP contribution < -0.4 is 5.32 Å². The molecule has 2 aromatic rings. The molecule has 4 nitrogen and oxygen atoms in total. The average Bonchev–Trinajstić information content (AvgIpc) is 2.78. The molecule has 1 aliphatic carbocycles. The van der Waals surface area contributed by atoms with Gasteiger partial charge in [0, 0.05) is 11.6 Å². The van der Waals surface area contributed by atoms with Gasteiger partial charge in [-0.1, -0.05) is 44.2 Å². The predicted molar refractivity (Wildman–Crippen MR) is 94.8 cm³/mol. The third-order valence-electron chi connectivity index (χ3n) is 6.03. The molecule has 0 spiro atoms. The van der Waals surface area contributed by atoms with E-state index in [0.29, 0.717) is 12.8 Å². The SMILES string of the molecule is CC1(C)[C@H](C(=O)Nc2ccc3ccccc3c2)CC[C@]1(C)C(=O)O. The molecule has 1 fully saturated rings. The lowest BCUT2D eigenvalue weighted by atomic mass is 9.65. The van der Waals surface area contributed by atoms with Crippen LogP contribution in [-0.2, 0) is 9.59 Å². The van der Waals surface area contributed by atoms with Crippen molar-refractivity contribution >= 4 is 28.3 Å². The number of rotatable bonds is 3. The first kappa shape index (κ1) is 16.5. The summed E-state index contributed by atoms with van der Waals surface area (Å²) in [5.74, 6) is -1.24. The first-order valence-corrected chi connectivity index (χ1v) is 8.29. The molecule has 2 atom stereocenters. The van der Waals surface area contributed by atoms with Crippen LogP contribution in [0.2, 0.25) is 0 Å². The van der Waals surface area contributed by atoms with E-state index in [1.165, 1.54) is 0 Å². The smallest absolute Gasteiger partial charge is 0.309 e. The quantitative estimate of drug-likeness (QED) is 0.884. The van der Waals surface area contributed by atoms with Crippen LogP contribution in [-0.4, -0.2) is 17.0 Å². The molecule has 24 heavy (non-hydrogen) atoms. The number of fused-ring (bicyclic) bond motifs is 1. The lowest BCUT2D eigenvalue weighted by molar-refractivity contribution is -0.154. The summed E-state index contributed by atoms with van der Waals surface area (Å²) in [5.41, 5.74) is -0.726. The number of anilines is 1. The van der Waals surface area contributed by atoms with Gasteiger partial charge in [-0.2, -0.15) is 0 Å². The number of hydrogen-bond acceptors (Lipinski definition) is 2. The van der Waals surface area contributed by atoms with Crippen molar-refractivity contribution in [1.29, 1.82) is 0 Å². The van der Waals surface area contributed by atoms with Crippen molar-refractivity contribution in [3.8, 4) is 0 Å². The van der Waals surface area contributed by atoms with Crippen LogP contribution in [0.15, 0.2) is 42.5 Å². The van der Waals surface area contributed by atoms with Crippen LogP contribution >= 0.6 is 0 Å². The number of benzene rings is 2. The summed E-state index contributed by atoms with van der Waals surface area (Å²) in [5, 5.41) is 14.7. The van der Waals surface area contributed by atoms with Crippen molar-refractivity contribution in [1.82, 2.24) is 0 Å². The van der Waals surface area contributed by atoms with Crippen molar-refractivity contribution in [3.05, 3.63) is 42.5 Å². The normalized spacial score (nSPS) is 25.5. The summed E-state index contributed by atoms with van der Waals surface area (Å²) in [4.78, 5) is 24.5. The second-order valence-corrected chi connectivity index (χ2v) is 7.50. The Morgan fingerprint density at radius 2 is 1.75 bits per heavy atom. The van der Waals surface area contributed by atoms with Crippen LogP contribution in [0.4, 0.5) is 5.69 Å². The number of carboxylic acid groups (broad SMARTS) is 1. The fourth-order valence-electron chi connectivity index (χ4n) is 3.84. The van der Waals surface area contributed by atoms with Gasteiger partial charge in [-0.25, -0.2) is 0 Å². The van der Waals surface area contributed by atoms with Gasteiger partial charge >= 0.3 is 5.97 Å². The summed E-state index contributed by atoms with van der Waals surface area (Å²) in [6, 6.07) is 13.8. The maximum atomic E-state index is 12.8. The van der Waals surface area contributed by atoms with Crippen LogP contribution in [0.25, 0.3) is 10.8 Å². The summed E-state index contributed by atoms with van der Waals surface area (Å²) in [7, 11) is 0. The molecule has 126 valence electrons. The minimum atomic E-state index is -0.877. The molecule has 0 bridgehead atoms. The Morgan fingerprint density at radius 1 is 1.08 bits per heavy atom. The Hall–Kier alpha value is -2.36. The molecule has 4 heteroatoms. The molecule has 0 heterocycles. The maximum absolute atomic E-state index is 12.8.